The van der Waals surface area contributed by atoms with Crippen molar-refractivity contribution in [3.05, 3.63) is 35.4 Å². The number of carbonyl (C=O) groups excluding carboxylic acids is 3. The molecule has 0 spiro atoms. The molecule has 3 aliphatic heterocycles. The molecule has 1 aromatic carbocycles. The average molecular weight is 365 g/mol. The van der Waals surface area contributed by atoms with Crippen molar-refractivity contribution in [2.75, 3.05) is 26.2 Å². The van der Waals surface area contributed by atoms with Crippen LogP contribution in [0.15, 0.2) is 18.2 Å². The predicted octanol–water partition coefficient (Wildman–Crippen LogP) is -0.407. The summed E-state index contributed by atoms with van der Waals surface area (Å²) in [5.41, 5.74) is -0.400. The number of amides is 3. The zero-order valence-electron chi connectivity index (χ0n) is 13.8. The number of nitrogens with zero attached hydrogens (tertiary/aromatic N) is 3. The first kappa shape index (κ1) is 16.9. The van der Waals surface area contributed by atoms with E-state index in [1.54, 1.807) is 0 Å². The predicted molar refractivity (Wildman–Crippen MR) is 83.9 cm³/mol. The molecular formula is C17H17F2N3O4. The Kier molecular flexibility index (Phi) is 3.91. The third-order valence-corrected chi connectivity index (χ3v) is 5.24. The van der Waals surface area contributed by atoms with Gasteiger partial charge in [0.2, 0.25) is 11.8 Å². The van der Waals surface area contributed by atoms with Crippen LogP contribution in [0.3, 0.4) is 0 Å². The van der Waals surface area contributed by atoms with E-state index in [9.17, 15) is 28.3 Å². The second kappa shape index (κ2) is 6.01. The van der Waals surface area contributed by atoms with Gasteiger partial charge in [-0.3, -0.25) is 14.4 Å². The highest BCUT2D eigenvalue weighted by atomic mass is 19.1. The molecule has 0 saturated carbocycles. The second-order valence-corrected chi connectivity index (χ2v) is 6.82. The number of fused-ring (bicyclic) bond motifs is 2. The number of aliphatic hydroxyl groups excluding tert-OH is 1. The maximum atomic E-state index is 13.9. The van der Waals surface area contributed by atoms with Gasteiger partial charge in [0.25, 0.3) is 5.91 Å². The smallest absolute Gasteiger partial charge is 0.257 e. The summed E-state index contributed by atoms with van der Waals surface area (Å²) in [7, 11) is 0. The van der Waals surface area contributed by atoms with Crippen LogP contribution in [-0.2, 0) is 9.59 Å². The molecule has 0 bridgehead atoms. The van der Waals surface area contributed by atoms with Crippen LogP contribution in [0.5, 0.6) is 0 Å². The largest absolute Gasteiger partial charge is 0.391 e. The third-order valence-electron chi connectivity index (χ3n) is 5.24. The molecule has 3 saturated heterocycles. The molecule has 3 amide bonds. The first-order valence-electron chi connectivity index (χ1n) is 8.40. The van der Waals surface area contributed by atoms with Gasteiger partial charge in [-0.05, 0) is 18.2 Å². The highest BCUT2D eigenvalue weighted by molar-refractivity contribution is 5.99. The fourth-order valence-electron chi connectivity index (χ4n) is 3.95. The Balaban J connectivity index is 1.57. The lowest BCUT2D eigenvalue weighted by molar-refractivity contribution is -0.162. The van der Waals surface area contributed by atoms with Gasteiger partial charge < -0.3 is 19.8 Å². The fourth-order valence-corrected chi connectivity index (χ4v) is 3.95. The van der Waals surface area contributed by atoms with Crippen molar-refractivity contribution in [2.45, 2.75) is 24.6 Å². The summed E-state index contributed by atoms with van der Waals surface area (Å²) in [4.78, 5) is 41.9. The summed E-state index contributed by atoms with van der Waals surface area (Å²) in [6.45, 7) is 0.267. The highest BCUT2D eigenvalue weighted by Crippen LogP contribution is 2.29. The molecule has 0 aromatic heterocycles. The first-order valence-corrected chi connectivity index (χ1v) is 8.40. The molecule has 1 aromatic rings. The Labute approximate surface area is 147 Å². The molecule has 26 heavy (non-hydrogen) atoms. The van der Waals surface area contributed by atoms with Crippen LogP contribution in [0.25, 0.3) is 0 Å². The van der Waals surface area contributed by atoms with E-state index in [1.165, 1.54) is 14.7 Å². The van der Waals surface area contributed by atoms with Crippen LogP contribution in [0, 0.1) is 11.6 Å². The summed E-state index contributed by atoms with van der Waals surface area (Å²) >= 11 is 0. The monoisotopic (exact) mass is 365 g/mol. The molecule has 3 heterocycles. The Hall–Kier alpha value is -2.55. The molecular weight excluding hydrogens is 348 g/mol. The molecule has 3 aliphatic rings. The Morgan fingerprint density at radius 3 is 2.54 bits per heavy atom. The van der Waals surface area contributed by atoms with E-state index in [-0.39, 0.29) is 44.4 Å². The minimum Gasteiger partial charge on any atom is -0.391 e. The number of aliphatic hydroxyl groups is 1. The molecule has 9 heteroatoms. The van der Waals surface area contributed by atoms with Crippen LogP contribution in [0.4, 0.5) is 8.78 Å². The quantitative estimate of drug-likeness (QED) is 0.734. The van der Waals surface area contributed by atoms with Gasteiger partial charge in [0.05, 0.1) is 18.2 Å². The Morgan fingerprint density at radius 1 is 1.04 bits per heavy atom. The SMILES string of the molecule is O=C(c1cc(F)ccc1F)N1CCN2C(=O)[C@@H]3C[C@@H](O)CN3C(=O)[C@H]2C1. The van der Waals surface area contributed by atoms with Crippen molar-refractivity contribution in [1.29, 1.82) is 0 Å². The number of benzene rings is 1. The van der Waals surface area contributed by atoms with E-state index >= 15 is 0 Å². The van der Waals surface area contributed by atoms with Gasteiger partial charge in [-0.1, -0.05) is 0 Å². The fraction of sp³-hybridized carbons (Fsp3) is 0.471. The molecule has 0 aliphatic carbocycles. The first-order chi connectivity index (χ1) is 12.4. The third kappa shape index (κ3) is 2.54. The molecule has 3 fully saturated rings. The summed E-state index contributed by atoms with van der Waals surface area (Å²) in [6.07, 6.45) is -0.529. The number of hydrogen-bond acceptors (Lipinski definition) is 4. The van der Waals surface area contributed by atoms with E-state index in [4.69, 9.17) is 0 Å². The van der Waals surface area contributed by atoms with E-state index in [2.05, 4.69) is 0 Å². The van der Waals surface area contributed by atoms with Crippen molar-refractivity contribution in [1.82, 2.24) is 14.7 Å². The molecule has 4 rings (SSSR count). The van der Waals surface area contributed by atoms with Crippen LogP contribution in [-0.4, -0.2) is 81.9 Å². The van der Waals surface area contributed by atoms with Crippen molar-refractivity contribution >= 4 is 17.7 Å². The molecule has 1 N–H and O–H groups in total. The molecule has 3 atom stereocenters. The Bertz CT molecular complexity index is 802. The van der Waals surface area contributed by atoms with Crippen LogP contribution >= 0.6 is 0 Å². The van der Waals surface area contributed by atoms with Gasteiger partial charge in [-0.2, -0.15) is 0 Å². The standard InChI is InChI=1S/C17H17F2N3O4/c18-9-1-2-12(19)11(5-9)15(24)20-3-4-21-14(8-20)17(26)22-7-10(23)6-13(22)16(21)25/h1-2,5,10,13-14,23H,3-4,6-8H2/t10-,13+,14-/m1/s1. The molecule has 0 radical (unpaired) electrons. The van der Waals surface area contributed by atoms with Gasteiger partial charge in [0.1, 0.15) is 23.7 Å². The van der Waals surface area contributed by atoms with E-state index < -0.39 is 41.3 Å². The lowest BCUT2D eigenvalue weighted by atomic mass is 10.0. The van der Waals surface area contributed by atoms with E-state index in [1.807, 2.05) is 0 Å². The van der Waals surface area contributed by atoms with Gasteiger partial charge in [0.15, 0.2) is 0 Å². The van der Waals surface area contributed by atoms with Gasteiger partial charge >= 0.3 is 0 Å². The van der Waals surface area contributed by atoms with Gasteiger partial charge in [-0.15, -0.1) is 0 Å². The summed E-state index contributed by atoms with van der Waals surface area (Å²) in [6, 6.07) is 1.11. The lowest BCUT2D eigenvalue weighted by Crippen LogP contribution is -2.69. The summed E-state index contributed by atoms with van der Waals surface area (Å²) < 4.78 is 27.2. The van der Waals surface area contributed by atoms with Crippen LogP contribution < -0.4 is 0 Å². The summed E-state index contributed by atoms with van der Waals surface area (Å²) in [5.74, 6) is -2.86. The van der Waals surface area contributed by atoms with Crippen molar-refractivity contribution in [3.63, 3.8) is 0 Å². The minimum atomic E-state index is -0.863. The summed E-state index contributed by atoms with van der Waals surface area (Å²) in [5, 5.41) is 9.77. The van der Waals surface area contributed by atoms with Crippen LogP contribution in [0.1, 0.15) is 16.8 Å². The lowest BCUT2D eigenvalue weighted by Gasteiger charge is -2.47. The average Bonchev–Trinajstić information content (AvgIpc) is 3.03. The number of halogens is 2. The van der Waals surface area contributed by atoms with E-state index in [0.29, 0.717) is 0 Å². The number of rotatable bonds is 1. The topological polar surface area (TPSA) is 81.2 Å². The number of hydrogen-bond donors (Lipinski definition) is 1. The Morgan fingerprint density at radius 2 is 1.77 bits per heavy atom. The number of carbonyl (C=O) groups is 3. The van der Waals surface area contributed by atoms with Crippen molar-refractivity contribution < 1.29 is 28.3 Å². The van der Waals surface area contributed by atoms with Crippen molar-refractivity contribution in [2.24, 2.45) is 0 Å². The maximum Gasteiger partial charge on any atom is 0.257 e. The maximum absolute atomic E-state index is 13.9. The normalized spacial score (nSPS) is 28.3. The molecule has 138 valence electrons. The van der Waals surface area contributed by atoms with Crippen molar-refractivity contribution in [3.8, 4) is 0 Å². The molecule has 7 nitrogen and oxygen atoms in total. The zero-order chi connectivity index (χ0) is 18.6. The van der Waals surface area contributed by atoms with Gasteiger partial charge in [-0.25, -0.2) is 8.78 Å². The second-order valence-electron chi connectivity index (χ2n) is 6.82. The van der Waals surface area contributed by atoms with Crippen LogP contribution in [0.2, 0.25) is 0 Å². The number of piperazine rings is 2. The zero-order valence-corrected chi connectivity index (χ0v) is 13.8. The highest BCUT2D eigenvalue weighted by Gasteiger charge is 2.52. The van der Waals surface area contributed by atoms with E-state index in [0.717, 1.165) is 18.2 Å². The minimum absolute atomic E-state index is 0.0846. The molecule has 0 unspecified atom stereocenters. The van der Waals surface area contributed by atoms with Gasteiger partial charge in [0, 0.05) is 26.1 Å².